The van der Waals surface area contributed by atoms with Gasteiger partial charge in [0.05, 0.1) is 43.0 Å². The summed E-state index contributed by atoms with van der Waals surface area (Å²) in [7, 11) is 0.769. The molecule has 0 bridgehead atoms. The Labute approximate surface area is 291 Å². The number of nitrogens with one attached hydrogen (secondary N) is 1. The van der Waals surface area contributed by atoms with Crippen molar-refractivity contribution < 1.29 is 36.3 Å². The van der Waals surface area contributed by atoms with Gasteiger partial charge in [-0.05, 0) is 69.5 Å². The first-order valence-electron chi connectivity index (χ1n) is 16.9. The van der Waals surface area contributed by atoms with Crippen LogP contribution in [0.4, 0.5) is 10.1 Å². The molecule has 0 unspecified atom stereocenters. The molecule has 2 fully saturated rings. The van der Waals surface area contributed by atoms with Crippen molar-refractivity contribution in [1.82, 2.24) is 18.8 Å². The standard InChI is InChI=1S/C35H44FN5O8S/c1-21-17-28(39-16-15-38(3)23(18-39)20-47-4)22(2)31-29(21)24-11-14-40(19-27(24)35(44)49-31)34(43)25-9-10-26(32(48-5)30(25)36)33(42)37-50(45,46)41-12-7-6-8-13-41/h9-10,17,23H,6-8,11-16,18-20H2,1-5H3,(H,37,42)/t23-/m1/s1. The van der Waals surface area contributed by atoms with Gasteiger partial charge in [-0.3, -0.25) is 14.5 Å². The summed E-state index contributed by atoms with van der Waals surface area (Å²) in [6.07, 6.45) is 2.60. The van der Waals surface area contributed by atoms with E-state index < -0.39 is 39.2 Å². The maximum atomic E-state index is 15.8. The molecule has 4 heterocycles. The maximum Gasteiger partial charge on any atom is 0.341 e. The molecule has 1 N–H and O–H groups in total. The molecule has 1 atom stereocenters. The number of anilines is 1. The van der Waals surface area contributed by atoms with Crippen molar-refractivity contribution in [3.05, 3.63) is 67.8 Å². The molecule has 3 aliphatic heterocycles. The summed E-state index contributed by atoms with van der Waals surface area (Å²) in [5.41, 5.74) is 3.20. The van der Waals surface area contributed by atoms with Gasteiger partial charge in [-0.15, -0.1) is 0 Å². The molecule has 0 spiro atoms. The number of fused-ring (bicyclic) bond motifs is 3. The Hall–Kier alpha value is -4.05. The molecule has 15 heteroatoms. The van der Waals surface area contributed by atoms with Gasteiger partial charge in [0.1, 0.15) is 5.58 Å². The fourth-order valence-electron chi connectivity index (χ4n) is 7.40. The number of halogens is 1. The minimum Gasteiger partial charge on any atom is -0.493 e. The van der Waals surface area contributed by atoms with Crippen molar-refractivity contribution in [2.24, 2.45) is 0 Å². The number of hydrogen-bond acceptors (Lipinski definition) is 10. The molecule has 3 aliphatic rings. The van der Waals surface area contributed by atoms with Crippen LogP contribution in [-0.4, -0.2) is 108 Å². The predicted octanol–water partition coefficient (Wildman–Crippen LogP) is 2.98. The Balaban J connectivity index is 1.25. The lowest BCUT2D eigenvalue weighted by Crippen LogP contribution is -2.53. The van der Waals surface area contributed by atoms with E-state index >= 15 is 4.39 Å². The summed E-state index contributed by atoms with van der Waals surface area (Å²) < 4.78 is 61.1. The lowest BCUT2D eigenvalue weighted by atomic mass is 9.92. The van der Waals surface area contributed by atoms with Crippen LogP contribution in [0.25, 0.3) is 11.0 Å². The van der Waals surface area contributed by atoms with Crippen LogP contribution in [0.15, 0.2) is 27.4 Å². The van der Waals surface area contributed by atoms with Crippen LogP contribution in [0.2, 0.25) is 0 Å². The molecule has 270 valence electrons. The van der Waals surface area contributed by atoms with Crippen LogP contribution < -0.4 is 20.0 Å². The molecule has 13 nitrogen and oxygen atoms in total. The summed E-state index contributed by atoms with van der Waals surface area (Å²) in [6, 6.07) is 4.65. The Bertz CT molecular complexity index is 2000. The number of piperazine rings is 1. The quantitative estimate of drug-likeness (QED) is 0.347. The zero-order chi connectivity index (χ0) is 35.9. The van der Waals surface area contributed by atoms with E-state index in [9.17, 15) is 22.8 Å². The van der Waals surface area contributed by atoms with Gasteiger partial charge in [0.15, 0.2) is 11.6 Å². The number of piperidine rings is 1. The minimum atomic E-state index is -4.15. The largest absolute Gasteiger partial charge is 0.493 e. The second-order valence-corrected chi connectivity index (χ2v) is 15.0. The monoisotopic (exact) mass is 713 g/mol. The Morgan fingerprint density at radius 2 is 1.74 bits per heavy atom. The molecule has 1 aromatic heterocycles. The second-order valence-electron chi connectivity index (χ2n) is 13.3. The van der Waals surface area contributed by atoms with Crippen molar-refractivity contribution in [1.29, 1.82) is 0 Å². The number of amides is 2. The molecular weight excluding hydrogens is 669 g/mol. The number of benzene rings is 2. The van der Waals surface area contributed by atoms with Crippen LogP contribution in [0.1, 0.15) is 62.2 Å². The number of rotatable bonds is 8. The number of hydrogen-bond donors (Lipinski definition) is 1. The van der Waals surface area contributed by atoms with Gasteiger partial charge in [-0.2, -0.15) is 12.7 Å². The highest BCUT2D eigenvalue weighted by Crippen LogP contribution is 2.36. The molecule has 6 rings (SSSR count). The van der Waals surface area contributed by atoms with Crippen LogP contribution in [-0.2, 0) is 27.9 Å². The number of likely N-dealkylation sites (N-methyl/N-ethyl adjacent to an activating group) is 1. The van der Waals surface area contributed by atoms with Gasteiger partial charge in [0, 0.05) is 63.0 Å². The fourth-order valence-corrected chi connectivity index (χ4v) is 8.62. The predicted molar refractivity (Wildman–Crippen MR) is 186 cm³/mol. The topological polar surface area (TPSA) is 142 Å². The van der Waals surface area contributed by atoms with Crippen molar-refractivity contribution in [3.8, 4) is 5.75 Å². The number of carbonyl (C=O) groups excluding carboxylic acids is 2. The third kappa shape index (κ3) is 6.59. The van der Waals surface area contributed by atoms with Crippen LogP contribution in [0.3, 0.4) is 0 Å². The van der Waals surface area contributed by atoms with Crippen LogP contribution >= 0.6 is 0 Å². The van der Waals surface area contributed by atoms with Gasteiger partial charge >= 0.3 is 15.8 Å². The van der Waals surface area contributed by atoms with E-state index in [0.29, 0.717) is 37.0 Å². The summed E-state index contributed by atoms with van der Waals surface area (Å²) in [5, 5.41) is 0.846. The van der Waals surface area contributed by atoms with Gasteiger partial charge in [-0.25, -0.2) is 13.9 Å². The van der Waals surface area contributed by atoms with Gasteiger partial charge in [0.2, 0.25) is 0 Å². The highest BCUT2D eigenvalue weighted by Gasteiger charge is 2.33. The SMILES string of the molecule is COC[C@H]1CN(c2cc(C)c3c4c(c(=O)oc3c2C)CN(C(=O)c2ccc(C(=O)NS(=O)(=O)N3CCCCC3)c(OC)c2F)CC4)CCN1C. The fraction of sp³-hybridized carbons (Fsp3) is 0.514. The lowest BCUT2D eigenvalue weighted by molar-refractivity contribution is 0.0726. The van der Waals surface area contributed by atoms with Crippen LogP contribution in [0.5, 0.6) is 5.75 Å². The van der Waals surface area contributed by atoms with E-state index in [2.05, 4.69) is 22.9 Å². The van der Waals surface area contributed by atoms with Crippen molar-refractivity contribution >= 4 is 38.7 Å². The highest BCUT2D eigenvalue weighted by molar-refractivity contribution is 7.87. The molecular formula is C35H44FN5O8S. The molecule has 50 heavy (non-hydrogen) atoms. The third-order valence-electron chi connectivity index (χ3n) is 10.2. The number of aryl methyl sites for hydroxylation is 2. The molecule has 3 aromatic rings. The van der Waals surface area contributed by atoms with E-state index in [0.717, 1.165) is 73.1 Å². The molecule has 0 radical (unpaired) electrons. The summed E-state index contributed by atoms with van der Waals surface area (Å²) in [4.78, 5) is 46.1. The lowest BCUT2D eigenvalue weighted by Gasteiger charge is -2.41. The van der Waals surface area contributed by atoms with E-state index in [1.165, 1.54) is 9.21 Å². The molecule has 2 amide bonds. The van der Waals surface area contributed by atoms with Crippen molar-refractivity contribution in [2.75, 3.05) is 72.0 Å². The Kier molecular flexibility index (Phi) is 10.2. The maximum absolute atomic E-state index is 15.8. The molecule has 0 saturated carbocycles. The van der Waals surface area contributed by atoms with Gasteiger partial charge in [0.25, 0.3) is 11.8 Å². The van der Waals surface area contributed by atoms with Crippen LogP contribution in [0, 0.1) is 19.7 Å². The Morgan fingerprint density at radius 1 is 1.02 bits per heavy atom. The van der Waals surface area contributed by atoms with E-state index in [1.54, 1.807) is 7.11 Å². The first-order chi connectivity index (χ1) is 23.9. The smallest absolute Gasteiger partial charge is 0.341 e. The summed E-state index contributed by atoms with van der Waals surface area (Å²) in [5.74, 6) is -3.44. The van der Waals surface area contributed by atoms with Crippen molar-refractivity contribution in [3.63, 3.8) is 0 Å². The van der Waals surface area contributed by atoms with Gasteiger partial charge < -0.3 is 23.7 Å². The number of methoxy groups -OCH3 is 2. The Morgan fingerprint density at radius 3 is 2.44 bits per heavy atom. The van der Waals surface area contributed by atoms with E-state index in [4.69, 9.17) is 13.9 Å². The second kappa shape index (κ2) is 14.3. The third-order valence-corrected chi connectivity index (χ3v) is 11.7. The number of ether oxygens (including phenoxy) is 2. The minimum absolute atomic E-state index is 0.0953. The first kappa shape index (κ1) is 35.8. The number of nitrogens with zero attached hydrogens (tertiary/aromatic N) is 4. The van der Waals surface area contributed by atoms with E-state index in [1.807, 2.05) is 18.6 Å². The van der Waals surface area contributed by atoms with Crippen molar-refractivity contribution in [2.45, 2.75) is 52.1 Å². The molecule has 0 aliphatic carbocycles. The average Bonchev–Trinajstić information content (AvgIpc) is 3.10. The molecule has 2 saturated heterocycles. The summed E-state index contributed by atoms with van der Waals surface area (Å²) >= 11 is 0. The zero-order valence-corrected chi connectivity index (χ0v) is 30.0. The number of carbonyl (C=O) groups is 2. The van der Waals surface area contributed by atoms with E-state index in [-0.39, 0.29) is 43.3 Å². The average molecular weight is 714 g/mol. The normalized spacial score (nSPS) is 19.0. The highest BCUT2D eigenvalue weighted by atomic mass is 32.2. The summed E-state index contributed by atoms with van der Waals surface area (Å²) in [6.45, 7) is 7.68. The zero-order valence-electron chi connectivity index (χ0n) is 29.1. The molecule has 2 aromatic carbocycles. The first-order valence-corrected chi connectivity index (χ1v) is 18.3. The van der Waals surface area contributed by atoms with Gasteiger partial charge in [-0.1, -0.05) is 6.42 Å².